The molecule has 42 heavy (non-hydrogen) atoms. The molecule has 0 saturated carbocycles. The van der Waals surface area contributed by atoms with E-state index < -0.39 is 17.2 Å². The first-order valence-corrected chi connectivity index (χ1v) is 14.1. The van der Waals surface area contributed by atoms with E-state index in [-0.39, 0.29) is 67.8 Å². The number of aliphatic hydroxyl groups excluding tert-OH is 1. The second kappa shape index (κ2) is 13.8. The number of carbonyl (C=O) groups is 1. The molecule has 2 N–H and O–H groups in total. The fourth-order valence-electron chi connectivity index (χ4n) is 6.18. The van der Waals surface area contributed by atoms with Gasteiger partial charge in [-0.05, 0) is 31.5 Å². The molecule has 0 radical (unpaired) electrons. The third-order valence-corrected chi connectivity index (χ3v) is 8.72. The van der Waals surface area contributed by atoms with E-state index in [9.17, 15) is 18.7 Å². The lowest BCUT2D eigenvalue weighted by molar-refractivity contribution is -0.122. The largest absolute Gasteiger partial charge is 0.394 e. The van der Waals surface area contributed by atoms with E-state index in [0.29, 0.717) is 31.0 Å². The summed E-state index contributed by atoms with van der Waals surface area (Å²) in [5, 5.41) is 13.6. The second-order valence-corrected chi connectivity index (χ2v) is 12.5. The highest BCUT2D eigenvalue weighted by molar-refractivity contribution is 5.97. The smallest absolute Gasteiger partial charge is 0.241 e. The Morgan fingerprint density at radius 3 is 2.69 bits per heavy atom. The second-order valence-electron chi connectivity index (χ2n) is 12.5. The maximum absolute atomic E-state index is 14.3. The Morgan fingerprint density at radius 1 is 1.21 bits per heavy atom. The average Bonchev–Trinajstić information content (AvgIpc) is 3.18. The van der Waals surface area contributed by atoms with Gasteiger partial charge in [-0.15, -0.1) is 24.8 Å². The number of rotatable bonds is 7. The topological polar surface area (TPSA) is 81.2 Å². The van der Waals surface area contributed by atoms with Crippen molar-refractivity contribution in [3.63, 3.8) is 0 Å². The van der Waals surface area contributed by atoms with Gasteiger partial charge in [0.2, 0.25) is 5.91 Å². The molecule has 0 bridgehead atoms. The highest BCUT2D eigenvalue weighted by Crippen LogP contribution is 2.40. The highest BCUT2D eigenvalue weighted by Gasteiger charge is 2.41. The number of nitrogens with one attached hydrogen (secondary N) is 1. The van der Waals surface area contributed by atoms with Gasteiger partial charge in [0.15, 0.2) is 0 Å². The number of anilines is 1. The van der Waals surface area contributed by atoms with Gasteiger partial charge in [-0.2, -0.15) is 0 Å². The number of aliphatic hydroxyl groups is 1. The van der Waals surface area contributed by atoms with Gasteiger partial charge in [0.1, 0.15) is 11.6 Å². The Kier molecular flexibility index (Phi) is 11.4. The zero-order chi connectivity index (χ0) is 28.7. The van der Waals surface area contributed by atoms with Crippen LogP contribution >= 0.6 is 24.8 Å². The number of aromatic nitrogens is 1. The first kappa shape index (κ1) is 34.6. The first-order chi connectivity index (χ1) is 19.0. The first-order valence-electron chi connectivity index (χ1n) is 14.1. The van der Waals surface area contributed by atoms with Gasteiger partial charge in [0.25, 0.3) is 0 Å². The Balaban J connectivity index is 0.00000242. The number of ether oxygens (including phenoxy) is 1. The number of fused-ring (bicyclic) bond motifs is 1. The van der Waals surface area contributed by atoms with Crippen LogP contribution in [-0.2, 0) is 21.4 Å². The number of morpholine rings is 1. The Labute approximate surface area is 259 Å². The molecule has 0 unspecified atom stereocenters. The van der Waals surface area contributed by atoms with Crippen molar-refractivity contribution in [2.75, 3.05) is 64.0 Å². The lowest BCUT2D eigenvalue weighted by Gasteiger charge is -2.48. The summed E-state index contributed by atoms with van der Waals surface area (Å²) < 4.78 is 33.4. The molecule has 1 amide bonds. The number of nitrogens with zero attached hydrogens (tertiary/aromatic N) is 4. The molecule has 234 valence electrons. The number of hydrogen-bond donors (Lipinski definition) is 2. The van der Waals surface area contributed by atoms with Crippen molar-refractivity contribution in [1.82, 2.24) is 20.1 Å². The summed E-state index contributed by atoms with van der Waals surface area (Å²) in [6, 6.07) is 5.80. The van der Waals surface area contributed by atoms with Gasteiger partial charge < -0.3 is 20.1 Å². The molecule has 3 atom stereocenters. The molecule has 3 aliphatic heterocycles. The third-order valence-electron chi connectivity index (χ3n) is 8.72. The number of benzene rings is 1. The molecule has 4 heterocycles. The molecule has 2 aromatic rings. The molecule has 1 aromatic carbocycles. The zero-order valence-corrected chi connectivity index (χ0v) is 26.4. The number of amides is 1. The van der Waals surface area contributed by atoms with Crippen LogP contribution in [0.4, 0.5) is 14.5 Å². The molecule has 0 spiro atoms. The average molecular weight is 631 g/mol. The van der Waals surface area contributed by atoms with Crippen molar-refractivity contribution in [1.29, 1.82) is 0 Å². The third kappa shape index (κ3) is 7.23. The van der Waals surface area contributed by atoms with E-state index >= 15 is 0 Å². The summed E-state index contributed by atoms with van der Waals surface area (Å²) in [7, 11) is 0. The van der Waals surface area contributed by atoms with Gasteiger partial charge in [-0.1, -0.05) is 19.9 Å². The van der Waals surface area contributed by atoms with E-state index in [4.69, 9.17) is 4.74 Å². The fraction of sp³-hybridized carbons (Fsp3) is 0.600. The normalized spacial score (nSPS) is 25.8. The van der Waals surface area contributed by atoms with Crippen molar-refractivity contribution in [2.45, 2.75) is 57.2 Å². The van der Waals surface area contributed by atoms with Crippen LogP contribution in [-0.4, -0.2) is 103 Å². The molecule has 0 aliphatic carbocycles. The Bertz CT molecular complexity index is 1260. The molecule has 8 nitrogen and oxygen atoms in total. The molecular weight excluding hydrogens is 587 g/mol. The minimum absolute atomic E-state index is 0. The molecule has 5 rings (SSSR count). The standard InChI is InChI=1S/C30H41F2N5O3.2ClH/c1-20-14-35(24(12-33-20)15-36-7-8-40-19-30(36,4)18-38)16-28(39)37-17-29(2,3)25-13-34-23(11-27(25)37)9-21-5-6-22(31)10-26(21)32;;/h5-6,10-11,13,20,24,33,38H,7-9,12,14-19H2,1-4H3;2*1H/t20-,24-,30+;;/m1../s1. The minimum Gasteiger partial charge on any atom is -0.394 e. The summed E-state index contributed by atoms with van der Waals surface area (Å²) in [4.78, 5) is 24.9. The number of carbonyl (C=O) groups excluding carboxylic acids is 1. The van der Waals surface area contributed by atoms with Crippen LogP contribution in [0.3, 0.4) is 0 Å². The molecule has 12 heteroatoms. The highest BCUT2D eigenvalue weighted by atomic mass is 35.5. The van der Waals surface area contributed by atoms with E-state index in [2.05, 4.69) is 40.9 Å². The van der Waals surface area contributed by atoms with Crippen molar-refractivity contribution < 1.29 is 23.4 Å². The van der Waals surface area contributed by atoms with Gasteiger partial charge >= 0.3 is 0 Å². The van der Waals surface area contributed by atoms with E-state index in [0.717, 1.165) is 43.5 Å². The van der Waals surface area contributed by atoms with Gasteiger partial charge in [-0.3, -0.25) is 19.6 Å². The van der Waals surface area contributed by atoms with Crippen molar-refractivity contribution in [3.8, 4) is 0 Å². The lowest BCUT2D eigenvalue weighted by atomic mass is 9.88. The zero-order valence-electron chi connectivity index (χ0n) is 24.7. The van der Waals surface area contributed by atoms with Crippen LogP contribution in [0.15, 0.2) is 30.5 Å². The van der Waals surface area contributed by atoms with Crippen LogP contribution in [0.25, 0.3) is 0 Å². The molecule has 1 aromatic heterocycles. The molecule has 2 fully saturated rings. The van der Waals surface area contributed by atoms with Gasteiger partial charge in [0, 0.05) is 80.2 Å². The molecule has 3 aliphatic rings. The maximum Gasteiger partial charge on any atom is 0.241 e. The summed E-state index contributed by atoms with van der Waals surface area (Å²) >= 11 is 0. The predicted molar refractivity (Wildman–Crippen MR) is 164 cm³/mol. The predicted octanol–water partition coefficient (Wildman–Crippen LogP) is 3.16. The number of halogens is 4. The number of pyridine rings is 1. The van der Waals surface area contributed by atoms with Crippen LogP contribution in [0.1, 0.15) is 44.5 Å². The van der Waals surface area contributed by atoms with E-state index in [1.807, 2.05) is 17.9 Å². The quantitative estimate of drug-likeness (QED) is 0.487. The summed E-state index contributed by atoms with van der Waals surface area (Å²) in [5.74, 6) is -1.20. The van der Waals surface area contributed by atoms with Gasteiger partial charge in [0.05, 0.1) is 37.6 Å². The summed E-state index contributed by atoms with van der Waals surface area (Å²) in [5.41, 5.74) is 2.07. The van der Waals surface area contributed by atoms with Crippen LogP contribution in [0.5, 0.6) is 0 Å². The SMILES string of the molecule is C[C@@H]1CN(CC(=O)N2CC(C)(C)c3cnc(Cc4ccc(F)cc4F)cc32)[C@@H](CN2CCOC[C@]2(C)CO)CN1.Cl.Cl. The summed E-state index contributed by atoms with van der Waals surface area (Å²) in [6.07, 6.45) is 2.01. The monoisotopic (exact) mass is 629 g/mol. The van der Waals surface area contributed by atoms with E-state index in [1.165, 1.54) is 12.1 Å². The number of hydrogen-bond acceptors (Lipinski definition) is 7. The molecule has 2 saturated heterocycles. The van der Waals surface area contributed by atoms with Crippen molar-refractivity contribution >= 4 is 36.4 Å². The minimum atomic E-state index is -0.614. The Morgan fingerprint density at radius 2 is 1.98 bits per heavy atom. The van der Waals surface area contributed by atoms with Crippen molar-refractivity contribution in [3.05, 3.63) is 58.9 Å². The van der Waals surface area contributed by atoms with Gasteiger partial charge in [-0.25, -0.2) is 8.78 Å². The van der Waals surface area contributed by atoms with Crippen LogP contribution in [0.2, 0.25) is 0 Å². The summed E-state index contributed by atoms with van der Waals surface area (Å²) in [6.45, 7) is 13.3. The Hall–Kier alpha value is -1.92. The van der Waals surface area contributed by atoms with Crippen LogP contribution in [0, 0.1) is 11.6 Å². The number of piperazine rings is 1. The van der Waals surface area contributed by atoms with Crippen LogP contribution < -0.4 is 10.2 Å². The lowest BCUT2D eigenvalue weighted by Crippen LogP contribution is -2.65. The maximum atomic E-state index is 14.3. The fourth-order valence-corrected chi connectivity index (χ4v) is 6.18. The van der Waals surface area contributed by atoms with E-state index in [1.54, 1.807) is 6.20 Å². The van der Waals surface area contributed by atoms with Crippen molar-refractivity contribution in [2.24, 2.45) is 0 Å². The molecular formula is C30H43Cl2F2N5O3.